The van der Waals surface area contributed by atoms with E-state index < -0.39 is 5.97 Å². The van der Waals surface area contributed by atoms with Gasteiger partial charge in [0.05, 0.1) is 17.9 Å². The van der Waals surface area contributed by atoms with Gasteiger partial charge in [-0.1, -0.05) is 13.8 Å². The van der Waals surface area contributed by atoms with Crippen LogP contribution in [0.4, 0.5) is 0 Å². The third-order valence-corrected chi connectivity index (χ3v) is 3.02. The van der Waals surface area contributed by atoms with Gasteiger partial charge >= 0.3 is 11.9 Å². The number of carboxylic acid groups (broad SMARTS) is 1. The number of hydrogen-bond acceptors (Lipinski definition) is 4. The smallest absolute Gasteiger partial charge is 0.335 e. The predicted octanol–water partition coefficient (Wildman–Crippen LogP) is 2.68. The molecule has 5 heteroatoms. The fourth-order valence-electron chi connectivity index (χ4n) is 1.14. The summed E-state index contributed by atoms with van der Waals surface area (Å²) in [6.45, 7) is 4.38. The van der Waals surface area contributed by atoms with Crippen LogP contribution < -0.4 is 0 Å². The number of ether oxygens (including phenoxy) is 1. The molecule has 0 fully saturated rings. The van der Waals surface area contributed by atoms with E-state index in [-0.39, 0.29) is 17.3 Å². The van der Waals surface area contributed by atoms with Gasteiger partial charge in [0.1, 0.15) is 0 Å². The van der Waals surface area contributed by atoms with E-state index in [4.69, 9.17) is 9.84 Å². The van der Waals surface area contributed by atoms with Crippen LogP contribution >= 0.6 is 11.8 Å². The van der Waals surface area contributed by atoms with E-state index in [1.165, 1.54) is 23.9 Å². The third kappa shape index (κ3) is 5.23. The highest BCUT2D eigenvalue weighted by Gasteiger charge is 2.06. The number of esters is 1. The first-order valence-electron chi connectivity index (χ1n) is 5.61. The molecule has 0 aliphatic heterocycles. The molecule has 1 N–H and O–H groups in total. The normalized spacial score (nSPS) is 10.4. The van der Waals surface area contributed by atoms with Crippen molar-refractivity contribution in [2.24, 2.45) is 5.92 Å². The molecule has 0 saturated carbocycles. The van der Waals surface area contributed by atoms with Gasteiger partial charge in [0, 0.05) is 4.90 Å². The number of carbonyl (C=O) groups excluding carboxylic acids is 1. The van der Waals surface area contributed by atoms with Crippen molar-refractivity contribution in [2.45, 2.75) is 18.7 Å². The van der Waals surface area contributed by atoms with Crippen molar-refractivity contribution in [1.29, 1.82) is 0 Å². The highest BCUT2D eigenvalue weighted by atomic mass is 32.2. The summed E-state index contributed by atoms with van der Waals surface area (Å²) in [4.78, 5) is 22.9. The Morgan fingerprint density at radius 3 is 2.39 bits per heavy atom. The zero-order valence-corrected chi connectivity index (χ0v) is 11.2. The van der Waals surface area contributed by atoms with Crippen LogP contribution in [-0.2, 0) is 9.53 Å². The first-order valence-corrected chi connectivity index (χ1v) is 6.59. The van der Waals surface area contributed by atoms with Crippen LogP contribution in [0.2, 0.25) is 0 Å². The molecule has 0 amide bonds. The molecule has 0 unspecified atom stereocenters. The molecule has 0 heterocycles. The molecule has 0 spiro atoms. The Balaban J connectivity index is 2.39. The average molecular weight is 268 g/mol. The summed E-state index contributed by atoms with van der Waals surface area (Å²) in [5.41, 5.74) is 0.238. The number of carboxylic acids is 1. The second-order valence-electron chi connectivity index (χ2n) is 4.20. The summed E-state index contributed by atoms with van der Waals surface area (Å²) in [5, 5.41) is 8.73. The maximum atomic E-state index is 11.4. The second-order valence-corrected chi connectivity index (χ2v) is 5.24. The van der Waals surface area contributed by atoms with Gasteiger partial charge in [0.25, 0.3) is 0 Å². The summed E-state index contributed by atoms with van der Waals surface area (Å²) < 4.78 is 5.03. The monoisotopic (exact) mass is 268 g/mol. The number of carbonyl (C=O) groups is 2. The van der Waals surface area contributed by atoms with E-state index in [1.807, 2.05) is 13.8 Å². The Morgan fingerprint density at radius 2 is 1.89 bits per heavy atom. The molecule has 1 aromatic rings. The Hall–Kier alpha value is -1.49. The molecule has 0 aliphatic rings. The molecule has 98 valence electrons. The summed E-state index contributed by atoms with van der Waals surface area (Å²) >= 11 is 1.33. The van der Waals surface area contributed by atoms with Crippen LogP contribution in [0, 0.1) is 5.92 Å². The molecule has 1 rings (SSSR count). The predicted molar refractivity (Wildman–Crippen MR) is 69.9 cm³/mol. The van der Waals surface area contributed by atoms with Crippen LogP contribution in [-0.4, -0.2) is 29.4 Å². The number of thioether (sulfide) groups is 1. The van der Waals surface area contributed by atoms with Crippen molar-refractivity contribution in [2.75, 3.05) is 12.4 Å². The molecule has 0 atom stereocenters. The number of rotatable bonds is 6. The molecule has 0 bridgehead atoms. The molecule has 18 heavy (non-hydrogen) atoms. The van der Waals surface area contributed by atoms with Crippen molar-refractivity contribution in [3.63, 3.8) is 0 Å². The van der Waals surface area contributed by atoms with Gasteiger partial charge in [-0.3, -0.25) is 4.79 Å². The summed E-state index contributed by atoms with van der Waals surface area (Å²) in [5.74, 6) is -0.646. The van der Waals surface area contributed by atoms with Gasteiger partial charge in [-0.05, 0) is 30.2 Å². The lowest BCUT2D eigenvalue weighted by molar-refractivity contribution is -0.141. The zero-order valence-electron chi connectivity index (χ0n) is 10.4. The molecular formula is C13H16O4S. The zero-order chi connectivity index (χ0) is 13.5. The minimum absolute atomic E-state index is 0.235. The maximum absolute atomic E-state index is 11.4. The van der Waals surface area contributed by atoms with Crippen LogP contribution in [0.3, 0.4) is 0 Å². The van der Waals surface area contributed by atoms with E-state index in [2.05, 4.69) is 0 Å². The van der Waals surface area contributed by atoms with Gasteiger partial charge < -0.3 is 9.84 Å². The average Bonchev–Trinajstić information content (AvgIpc) is 2.34. The SMILES string of the molecule is CC(C)COC(=O)CSc1ccc(C(=O)O)cc1. The van der Waals surface area contributed by atoms with Crippen molar-refractivity contribution in [1.82, 2.24) is 0 Å². The quantitative estimate of drug-likeness (QED) is 0.635. The van der Waals surface area contributed by atoms with Crippen LogP contribution in [0.25, 0.3) is 0 Å². The number of benzene rings is 1. The van der Waals surface area contributed by atoms with E-state index in [1.54, 1.807) is 12.1 Å². The minimum atomic E-state index is -0.956. The van der Waals surface area contributed by atoms with Crippen molar-refractivity contribution in [3.05, 3.63) is 29.8 Å². The van der Waals surface area contributed by atoms with Gasteiger partial charge in [0.2, 0.25) is 0 Å². The van der Waals surface area contributed by atoms with E-state index >= 15 is 0 Å². The Morgan fingerprint density at radius 1 is 1.28 bits per heavy atom. The van der Waals surface area contributed by atoms with Crippen molar-refractivity contribution in [3.8, 4) is 0 Å². The fraction of sp³-hybridized carbons (Fsp3) is 0.385. The highest BCUT2D eigenvalue weighted by Crippen LogP contribution is 2.18. The molecule has 0 saturated heterocycles. The van der Waals surface area contributed by atoms with E-state index in [0.717, 1.165) is 4.90 Å². The first-order chi connectivity index (χ1) is 8.49. The Kier molecular flexibility index (Phi) is 5.71. The van der Waals surface area contributed by atoms with Crippen LogP contribution in [0.1, 0.15) is 24.2 Å². The van der Waals surface area contributed by atoms with Crippen molar-refractivity contribution >= 4 is 23.7 Å². The molecule has 4 nitrogen and oxygen atoms in total. The number of aromatic carboxylic acids is 1. The third-order valence-electron chi connectivity index (χ3n) is 2.04. The molecule has 0 aromatic heterocycles. The standard InChI is InChI=1S/C13H16O4S/c1-9(2)7-17-12(14)8-18-11-5-3-10(4-6-11)13(15)16/h3-6,9H,7-8H2,1-2H3,(H,15,16). The summed E-state index contributed by atoms with van der Waals surface area (Å²) in [6, 6.07) is 6.40. The lowest BCUT2D eigenvalue weighted by atomic mass is 10.2. The van der Waals surface area contributed by atoms with Crippen molar-refractivity contribution < 1.29 is 19.4 Å². The molecular weight excluding hydrogens is 252 g/mol. The minimum Gasteiger partial charge on any atom is -0.478 e. The topological polar surface area (TPSA) is 63.6 Å². The van der Waals surface area contributed by atoms with Crippen LogP contribution in [0.5, 0.6) is 0 Å². The van der Waals surface area contributed by atoms with Gasteiger partial charge in [-0.2, -0.15) is 0 Å². The molecule has 0 aliphatic carbocycles. The molecule has 1 aromatic carbocycles. The Bertz CT molecular complexity index is 412. The van der Waals surface area contributed by atoms with Crippen LogP contribution in [0.15, 0.2) is 29.2 Å². The van der Waals surface area contributed by atoms with Gasteiger partial charge in [-0.25, -0.2) is 4.79 Å². The maximum Gasteiger partial charge on any atom is 0.335 e. The Labute approximate surface area is 110 Å². The summed E-state index contributed by atoms with van der Waals surface area (Å²) in [6.07, 6.45) is 0. The second kappa shape index (κ2) is 7.06. The van der Waals surface area contributed by atoms with E-state index in [9.17, 15) is 9.59 Å². The summed E-state index contributed by atoms with van der Waals surface area (Å²) in [7, 11) is 0. The lowest BCUT2D eigenvalue weighted by Gasteiger charge is -2.06. The van der Waals surface area contributed by atoms with Gasteiger partial charge in [0.15, 0.2) is 0 Å². The lowest BCUT2D eigenvalue weighted by Crippen LogP contribution is -2.11. The fourth-order valence-corrected chi connectivity index (χ4v) is 1.83. The molecule has 0 radical (unpaired) electrons. The van der Waals surface area contributed by atoms with E-state index in [0.29, 0.717) is 12.5 Å². The number of hydrogen-bond donors (Lipinski definition) is 1. The first kappa shape index (κ1) is 14.6. The van der Waals surface area contributed by atoms with Gasteiger partial charge in [-0.15, -0.1) is 11.8 Å². The highest BCUT2D eigenvalue weighted by molar-refractivity contribution is 8.00. The largest absolute Gasteiger partial charge is 0.478 e.